The number of benzene rings is 3. The smallest absolute Gasteiger partial charge is 0.300 e. The van der Waals surface area contributed by atoms with Gasteiger partial charge in [0, 0.05) is 31.0 Å². The summed E-state index contributed by atoms with van der Waals surface area (Å²) in [7, 11) is 3.83. The Bertz CT molecular complexity index is 1150. The highest BCUT2D eigenvalue weighted by molar-refractivity contribution is 6.51. The number of Topliss-reactive ketones (excluding diaryl/α,β-unsaturated/α-hetero) is 1. The number of hydrogen-bond acceptors (Lipinski definition) is 4. The summed E-state index contributed by atoms with van der Waals surface area (Å²) in [5.74, 6) is -2.31. The van der Waals surface area contributed by atoms with Crippen LogP contribution >= 0.6 is 0 Å². The fraction of sp³-hybridized carbons (Fsp3) is 0.120. The Hall–Kier alpha value is -3.93. The van der Waals surface area contributed by atoms with Crippen LogP contribution in [-0.4, -0.2) is 30.9 Å². The Labute approximate surface area is 179 Å². The lowest BCUT2D eigenvalue weighted by molar-refractivity contribution is -0.132. The Morgan fingerprint density at radius 2 is 1.52 bits per heavy atom. The van der Waals surface area contributed by atoms with Gasteiger partial charge in [-0.1, -0.05) is 30.3 Å². The van der Waals surface area contributed by atoms with Crippen molar-refractivity contribution in [3.8, 4) is 0 Å². The fourth-order valence-electron chi connectivity index (χ4n) is 3.72. The molecular weight excluding hydrogens is 395 g/mol. The fourth-order valence-corrected chi connectivity index (χ4v) is 3.72. The van der Waals surface area contributed by atoms with E-state index in [0.717, 1.165) is 5.69 Å². The molecule has 0 saturated carbocycles. The number of ketones is 1. The van der Waals surface area contributed by atoms with Crippen LogP contribution in [0.4, 0.5) is 15.8 Å². The number of carbonyl (C=O) groups is 2. The molecule has 1 unspecified atom stereocenters. The van der Waals surface area contributed by atoms with Crippen molar-refractivity contribution in [2.75, 3.05) is 23.9 Å². The lowest BCUT2D eigenvalue weighted by atomic mass is 9.95. The average Bonchev–Trinajstić information content (AvgIpc) is 3.05. The van der Waals surface area contributed by atoms with E-state index in [-0.39, 0.29) is 16.9 Å². The third kappa shape index (κ3) is 3.68. The van der Waals surface area contributed by atoms with Crippen LogP contribution in [0.2, 0.25) is 0 Å². The van der Waals surface area contributed by atoms with Crippen molar-refractivity contribution < 1.29 is 19.1 Å². The molecule has 3 aromatic carbocycles. The number of nitrogens with zero attached hydrogens (tertiary/aromatic N) is 2. The van der Waals surface area contributed by atoms with Crippen LogP contribution in [0.3, 0.4) is 0 Å². The number of halogens is 1. The zero-order valence-electron chi connectivity index (χ0n) is 17.1. The first-order valence-corrected chi connectivity index (χ1v) is 9.78. The van der Waals surface area contributed by atoms with Crippen molar-refractivity contribution in [1.29, 1.82) is 0 Å². The third-order valence-electron chi connectivity index (χ3n) is 5.32. The lowest BCUT2D eigenvalue weighted by Crippen LogP contribution is -2.29. The molecule has 1 heterocycles. The zero-order chi connectivity index (χ0) is 22.1. The van der Waals surface area contributed by atoms with Gasteiger partial charge in [0.1, 0.15) is 11.6 Å². The highest BCUT2D eigenvalue weighted by atomic mass is 19.1. The molecule has 31 heavy (non-hydrogen) atoms. The molecule has 0 aromatic heterocycles. The van der Waals surface area contributed by atoms with Crippen molar-refractivity contribution in [2.45, 2.75) is 6.04 Å². The Morgan fingerprint density at radius 1 is 0.903 bits per heavy atom. The van der Waals surface area contributed by atoms with Gasteiger partial charge in [-0.15, -0.1) is 0 Å². The minimum atomic E-state index is -0.816. The number of aliphatic hydroxyl groups excluding tert-OH is 1. The van der Waals surface area contributed by atoms with Gasteiger partial charge in [0.05, 0.1) is 11.6 Å². The molecule has 0 spiro atoms. The van der Waals surface area contributed by atoms with E-state index in [9.17, 15) is 19.1 Å². The second kappa shape index (κ2) is 8.07. The second-order valence-corrected chi connectivity index (χ2v) is 7.50. The first-order valence-electron chi connectivity index (χ1n) is 9.78. The molecule has 1 fully saturated rings. The van der Waals surface area contributed by atoms with Crippen LogP contribution in [0.25, 0.3) is 5.76 Å². The molecule has 1 saturated heterocycles. The maximum absolute atomic E-state index is 13.4. The SMILES string of the molecule is CN(C)c1ccc(C2/C(=C(/O)c3ccc(F)cc3)C(=O)C(=O)N2c2ccccc2)cc1. The maximum Gasteiger partial charge on any atom is 0.300 e. The molecule has 6 heteroatoms. The van der Waals surface area contributed by atoms with E-state index in [2.05, 4.69) is 0 Å². The number of rotatable bonds is 4. The number of aliphatic hydroxyl groups is 1. The monoisotopic (exact) mass is 416 g/mol. The van der Waals surface area contributed by atoms with E-state index >= 15 is 0 Å². The number of para-hydroxylation sites is 1. The minimum Gasteiger partial charge on any atom is -0.507 e. The molecule has 0 bridgehead atoms. The van der Waals surface area contributed by atoms with E-state index in [1.807, 2.05) is 49.3 Å². The van der Waals surface area contributed by atoms with Crippen molar-refractivity contribution in [1.82, 2.24) is 0 Å². The third-order valence-corrected chi connectivity index (χ3v) is 5.32. The standard InChI is InChI=1S/C25H21FN2O3/c1-27(2)19-14-10-16(11-15-19)22-21(23(29)17-8-12-18(26)13-9-17)24(30)25(31)28(22)20-6-4-3-5-7-20/h3-15,22,29H,1-2H3/b23-21-. The molecule has 5 nitrogen and oxygen atoms in total. The molecule has 4 rings (SSSR count). The molecule has 1 amide bonds. The topological polar surface area (TPSA) is 60.9 Å². The van der Waals surface area contributed by atoms with Crippen molar-refractivity contribution >= 4 is 28.8 Å². The molecular formula is C25H21FN2O3. The Balaban J connectivity index is 1.91. The quantitative estimate of drug-likeness (QED) is 0.386. The summed E-state index contributed by atoms with van der Waals surface area (Å²) in [6.07, 6.45) is 0. The minimum absolute atomic E-state index is 0.0296. The molecule has 0 aliphatic carbocycles. The molecule has 1 aliphatic heterocycles. The largest absolute Gasteiger partial charge is 0.507 e. The molecule has 0 radical (unpaired) electrons. The van der Waals surface area contributed by atoms with Gasteiger partial charge < -0.3 is 10.0 Å². The van der Waals surface area contributed by atoms with E-state index in [1.54, 1.807) is 24.3 Å². The van der Waals surface area contributed by atoms with E-state index in [4.69, 9.17) is 0 Å². The Kier molecular flexibility index (Phi) is 5.29. The lowest BCUT2D eigenvalue weighted by Gasteiger charge is -2.26. The van der Waals surface area contributed by atoms with E-state index < -0.39 is 23.5 Å². The highest BCUT2D eigenvalue weighted by Crippen LogP contribution is 2.42. The summed E-state index contributed by atoms with van der Waals surface area (Å²) >= 11 is 0. The van der Waals surface area contributed by atoms with Gasteiger partial charge in [-0.25, -0.2) is 4.39 Å². The normalized spacial score (nSPS) is 17.8. The van der Waals surface area contributed by atoms with Crippen LogP contribution in [0.1, 0.15) is 17.2 Å². The van der Waals surface area contributed by atoms with Gasteiger partial charge >= 0.3 is 0 Å². The van der Waals surface area contributed by atoms with Gasteiger partial charge in [-0.05, 0) is 54.1 Å². The van der Waals surface area contributed by atoms with Crippen LogP contribution in [0.15, 0.2) is 84.4 Å². The Morgan fingerprint density at radius 3 is 2.10 bits per heavy atom. The number of carbonyl (C=O) groups excluding carboxylic acids is 2. The average molecular weight is 416 g/mol. The summed E-state index contributed by atoms with van der Waals surface area (Å²) < 4.78 is 13.4. The van der Waals surface area contributed by atoms with Crippen LogP contribution in [0, 0.1) is 5.82 Å². The predicted molar refractivity (Wildman–Crippen MR) is 118 cm³/mol. The van der Waals surface area contributed by atoms with Crippen molar-refractivity contribution in [2.24, 2.45) is 0 Å². The number of amides is 1. The van der Waals surface area contributed by atoms with Crippen molar-refractivity contribution in [3.05, 3.63) is 101 Å². The molecule has 156 valence electrons. The first kappa shape index (κ1) is 20.3. The van der Waals surface area contributed by atoms with E-state index in [0.29, 0.717) is 11.3 Å². The van der Waals surface area contributed by atoms with Crippen LogP contribution < -0.4 is 9.80 Å². The predicted octanol–water partition coefficient (Wildman–Crippen LogP) is 4.52. The van der Waals surface area contributed by atoms with Gasteiger partial charge in [0.25, 0.3) is 11.7 Å². The summed E-state index contributed by atoms with van der Waals surface area (Å²) in [5, 5.41) is 11.0. The number of hydrogen-bond donors (Lipinski definition) is 1. The summed E-state index contributed by atoms with van der Waals surface area (Å²) in [5.41, 5.74) is 2.42. The first-order chi connectivity index (χ1) is 14.9. The zero-order valence-corrected chi connectivity index (χ0v) is 17.1. The molecule has 1 atom stereocenters. The maximum atomic E-state index is 13.4. The summed E-state index contributed by atoms with van der Waals surface area (Å²) in [6.45, 7) is 0. The van der Waals surface area contributed by atoms with Gasteiger partial charge in [-0.2, -0.15) is 0 Å². The van der Waals surface area contributed by atoms with Crippen LogP contribution in [-0.2, 0) is 9.59 Å². The summed E-state index contributed by atoms with van der Waals surface area (Å²) in [4.78, 5) is 29.4. The highest BCUT2D eigenvalue weighted by Gasteiger charge is 2.46. The van der Waals surface area contributed by atoms with Gasteiger partial charge in [0.2, 0.25) is 0 Å². The number of anilines is 2. The van der Waals surface area contributed by atoms with Gasteiger partial charge in [-0.3, -0.25) is 14.5 Å². The molecule has 3 aromatic rings. The summed E-state index contributed by atoms with van der Waals surface area (Å²) in [6, 6.07) is 20.6. The van der Waals surface area contributed by atoms with Crippen LogP contribution in [0.5, 0.6) is 0 Å². The second-order valence-electron chi connectivity index (χ2n) is 7.50. The molecule has 1 aliphatic rings. The van der Waals surface area contributed by atoms with Crippen molar-refractivity contribution in [3.63, 3.8) is 0 Å². The van der Waals surface area contributed by atoms with E-state index in [1.165, 1.54) is 29.2 Å². The van der Waals surface area contributed by atoms with Gasteiger partial charge in [0.15, 0.2) is 0 Å². The molecule has 1 N–H and O–H groups in total.